The molecule has 0 saturated carbocycles. The molecule has 8 heteroatoms. The molecular formula is C19H18F2N2O4. The number of nitrogens with zero attached hydrogens (tertiary/aromatic N) is 1. The summed E-state index contributed by atoms with van der Waals surface area (Å²) in [5.74, 6) is -2.03. The minimum absolute atomic E-state index is 0.0240. The van der Waals surface area contributed by atoms with E-state index in [1.54, 1.807) is 18.2 Å². The average Bonchev–Trinajstić information content (AvgIpc) is 3.01. The van der Waals surface area contributed by atoms with E-state index in [0.717, 1.165) is 12.1 Å². The Morgan fingerprint density at radius 2 is 1.78 bits per heavy atom. The highest BCUT2D eigenvalue weighted by Gasteiger charge is 2.33. The lowest BCUT2D eigenvalue weighted by molar-refractivity contribution is -0.117. The van der Waals surface area contributed by atoms with Gasteiger partial charge in [0.05, 0.1) is 20.3 Å². The van der Waals surface area contributed by atoms with Gasteiger partial charge in [0.15, 0.2) is 11.5 Å². The van der Waals surface area contributed by atoms with Gasteiger partial charge in [-0.1, -0.05) is 6.07 Å². The van der Waals surface area contributed by atoms with E-state index in [0.29, 0.717) is 17.2 Å². The molecule has 3 rings (SSSR count). The van der Waals surface area contributed by atoms with Gasteiger partial charge in [0, 0.05) is 24.7 Å². The summed E-state index contributed by atoms with van der Waals surface area (Å²) in [6.07, 6.45) is 0.0240. The largest absolute Gasteiger partial charge is 0.493 e. The number of amides is 2. The molecule has 27 heavy (non-hydrogen) atoms. The first-order chi connectivity index (χ1) is 12.9. The van der Waals surface area contributed by atoms with Crippen molar-refractivity contribution < 1.29 is 27.8 Å². The van der Waals surface area contributed by atoms with Crippen LogP contribution in [0.1, 0.15) is 16.8 Å². The fraction of sp³-hybridized carbons (Fsp3) is 0.263. The van der Waals surface area contributed by atoms with Crippen LogP contribution in [-0.4, -0.2) is 38.6 Å². The highest BCUT2D eigenvalue weighted by atomic mass is 19.1. The van der Waals surface area contributed by atoms with Crippen LogP contribution in [-0.2, 0) is 4.79 Å². The van der Waals surface area contributed by atoms with Crippen molar-refractivity contribution in [3.05, 3.63) is 53.6 Å². The van der Waals surface area contributed by atoms with Crippen LogP contribution in [0, 0.1) is 11.6 Å². The number of benzene rings is 2. The van der Waals surface area contributed by atoms with Gasteiger partial charge in [0.2, 0.25) is 5.91 Å². The molecule has 0 aromatic heterocycles. The molecule has 1 saturated heterocycles. The number of rotatable bonds is 5. The van der Waals surface area contributed by atoms with Crippen molar-refractivity contribution in [1.29, 1.82) is 0 Å². The molecule has 6 nitrogen and oxygen atoms in total. The summed E-state index contributed by atoms with van der Waals surface area (Å²) in [5, 5.41) is 2.52. The second-order valence-corrected chi connectivity index (χ2v) is 6.01. The predicted molar refractivity (Wildman–Crippen MR) is 94.1 cm³/mol. The van der Waals surface area contributed by atoms with Crippen LogP contribution in [0.4, 0.5) is 14.5 Å². The number of ether oxygens (including phenoxy) is 2. The molecule has 0 radical (unpaired) electrons. The van der Waals surface area contributed by atoms with Crippen LogP contribution in [0.25, 0.3) is 0 Å². The maximum absolute atomic E-state index is 13.7. The van der Waals surface area contributed by atoms with E-state index in [9.17, 15) is 18.4 Å². The smallest absolute Gasteiger partial charge is 0.257 e. The lowest BCUT2D eigenvalue weighted by Gasteiger charge is -2.19. The van der Waals surface area contributed by atoms with E-state index in [1.807, 2.05) is 0 Å². The minimum atomic E-state index is -0.950. The first kappa shape index (κ1) is 18.6. The summed E-state index contributed by atoms with van der Waals surface area (Å²) in [6, 6.07) is 7.64. The van der Waals surface area contributed by atoms with Crippen molar-refractivity contribution in [3.8, 4) is 11.5 Å². The number of hydrogen-bond donors (Lipinski definition) is 1. The van der Waals surface area contributed by atoms with E-state index < -0.39 is 29.1 Å². The molecule has 142 valence electrons. The molecule has 1 fully saturated rings. The van der Waals surface area contributed by atoms with Crippen molar-refractivity contribution in [2.75, 3.05) is 25.7 Å². The highest BCUT2D eigenvalue weighted by Crippen LogP contribution is 2.33. The molecule has 1 aliphatic rings. The van der Waals surface area contributed by atoms with Gasteiger partial charge < -0.3 is 19.7 Å². The Hall–Kier alpha value is -3.16. The van der Waals surface area contributed by atoms with Gasteiger partial charge in [-0.05, 0) is 24.3 Å². The van der Waals surface area contributed by atoms with Gasteiger partial charge in [-0.15, -0.1) is 0 Å². The quantitative estimate of drug-likeness (QED) is 0.871. The average molecular weight is 376 g/mol. The zero-order chi connectivity index (χ0) is 19.6. The Morgan fingerprint density at radius 3 is 2.41 bits per heavy atom. The molecule has 2 aromatic carbocycles. The fourth-order valence-corrected chi connectivity index (χ4v) is 3.02. The van der Waals surface area contributed by atoms with Crippen LogP contribution < -0.4 is 19.7 Å². The monoisotopic (exact) mass is 376 g/mol. The van der Waals surface area contributed by atoms with E-state index in [-0.39, 0.29) is 18.9 Å². The topological polar surface area (TPSA) is 67.9 Å². The second-order valence-electron chi connectivity index (χ2n) is 6.01. The van der Waals surface area contributed by atoms with Crippen LogP contribution >= 0.6 is 0 Å². The lowest BCUT2D eigenvalue weighted by Crippen LogP contribution is -2.38. The van der Waals surface area contributed by atoms with Crippen LogP contribution in [0.15, 0.2) is 36.4 Å². The van der Waals surface area contributed by atoms with Crippen LogP contribution in [0.2, 0.25) is 0 Å². The Labute approximate surface area is 154 Å². The van der Waals surface area contributed by atoms with Crippen LogP contribution in [0.3, 0.4) is 0 Å². The summed E-state index contributed by atoms with van der Waals surface area (Å²) >= 11 is 0. The van der Waals surface area contributed by atoms with Crippen molar-refractivity contribution >= 4 is 17.5 Å². The third-order valence-electron chi connectivity index (χ3n) is 4.33. The molecule has 1 N–H and O–H groups in total. The molecule has 0 aliphatic carbocycles. The van der Waals surface area contributed by atoms with Gasteiger partial charge >= 0.3 is 0 Å². The highest BCUT2D eigenvalue weighted by molar-refractivity contribution is 5.99. The summed E-state index contributed by atoms with van der Waals surface area (Å²) in [5.41, 5.74) is -0.0824. The number of carbonyl (C=O) groups excluding carboxylic acids is 2. The Morgan fingerprint density at radius 1 is 1.11 bits per heavy atom. The van der Waals surface area contributed by atoms with E-state index >= 15 is 0 Å². The van der Waals surface area contributed by atoms with Gasteiger partial charge in [-0.3, -0.25) is 9.59 Å². The third-order valence-corrected chi connectivity index (χ3v) is 4.33. The zero-order valence-corrected chi connectivity index (χ0v) is 14.8. The summed E-state index contributed by atoms with van der Waals surface area (Å²) in [7, 11) is 2.99. The molecule has 1 aliphatic heterocycles. The molecule has 2 aromatic rings. The Balaban J connectivity index is 1.75. The number of nitrogens with one attached hydrogen (secondary N) is 1. The molecule has 1 atom stereocenters. The summed E-state index contributed by atoms with van der Waals surface area (Å²) < 4.78 is 37.9. The van der Waals surface area contributed by atoms with E-state index in [2.05, 4.69) is 5.32 Å². The number of carbonyl (C=O) groups is 2. The summed E-state index contributed by atoms with van der Waals surface area (Å²) in [6.45, 7) is 0.177. The SMILES string of the molecule is COc1ccc(N2C[C@H](NC(=O)c3c(F)cccc3F)CC2=O)cc1OC. The van der Waals surface area contributed by atoms with Gasteiger partial charge in [-0.25, -0.2) is 8.78 Å². The molecule has 0 spiro atoms. The minimum Gasteiger partial charge on any atom is -0.493 e. The fourth-order valence-electron chi connectivity index (χ4n) is 3.02. The first-order valence-corrected chi connectivity index (χ1v) is 8.22. The van der Waals surface area contributed by atoms with E-state index in [1.165, 1.54) is 25.2 Å². The Bertz CT molecular complexity index is 868. The number of halogens is 2. The van der Waals surface area contributed by atoms with Crippen molar-refractivity contribution in [1.82, 2.24) is 5.32 Å². The summed E-state index contributed by atoms with van der Waals surface area (Å²) in [4.78, 5) is 26.0. The predicted octanol–water partition coefficient (Wildman–Crippen LogP) is 2.52. The first-order valence-electron chi connectivity index (χ1n) is 8.22. The lowest BCUT2D eigenvalue weighted by atomic mass is 10.1. The van der Waals surface area contributed by atoms with Crippen LogP contribution in [0.5, 0.6) is 11.5 Å². The maximum atomic E-state index is 13.7. The standard InChI is InChI=1S/C19H18F2N2O4/c1-26-15-7-6-12(9-16(15)27-2)23-10-11(8-17(23)24)22-19(25)18-13(20)4-3-5-14(18)21/h3-7,9,11H,8,10H2,1-2H3,(H,22,25)/t11-/m1/s1. The van der Waals surface area contributed by atoms with Gasteiger partial charge in [0.1, 0.15) is 17.2 Å². The number of methoxy groups -OCH3 is 2. The molecule has 0 bridgehead atoms. The van der Waals surface area contributed by atoms with E-state index in [4.69, 9.17) is 9.47 Å². The van der Waals surface area contributed by atoms with Crippen molar-refractivity contribution in [2.24, 2.45) is 0 Å². The third kappa shape index (κ3) is 3.69. The Kier molecular flexibility index (Phi) is 5.25. The maximum Gasteiger partial charge on any atom is 0.257 e. The van der Waals surface area contributed by atoms with Crippen molar-refractivity contribution in [3.63, 3.8) is 0 Å². The number of anilines is 1. The zero-order valence-electron chi connectivity index (χ0n) is 14.8. The second kappa shape index (κ2) is 7.61. The van der Waals surface area contributed by atoms with Gasteiger partial charge in [0.25, 0.3) is 5.91 Å². The normalized spacial score (nSPS) is 16.4. The molecule has 1 heterocycles. The number of hydrogen-bond acceptors (Lipinski definition) is 4. The molecular weight excluding hydrogens is 358 g/mol. The van der Waals surface area contributed by atoms with Crippen molar-refractivity contribution in [2.45, 2.75) is 12.5 Å². The molecule has 2 amide bonds. The molecule has 0 unspecified atom stereocenters. The van der Waals surface area contributed by atoms with Gasteiger partial charge in [-0.2, -0.15) is 0 Å².